The van der Waals surface area contributed by atoms with Gasteiger partial charge < -0.3 is 10.3 Å². The maximum absolute atomic E-state index is 5.97. The lowest BCUT2D eigenvalue weighted by Gasteiger charge is -2.20. The van der Waals surface area contributed by atoms with Gasteiger partial charge in [-0.2, -0.15) is 4.98 Å². The average Bonchev–Trinajstić information content (AvgIpc) is 3.02. The van der Waals surface area contributed by atoms with Gasteiger partial charge in [0.2, 0.25) is 5.89 Å². The van der Waals surface area contributed by atoms with Gasteiger partial charge in [0, 0.05) is 6.04 Å². The van der Waals surface area contributed by atoms with E-state index < -0.39 is 5.54 Å². The minimum atomic E-state index is -0.538. The summed E-state index contributed by atoms with van der Waals surface area (Å²) in [6.45, 7) is 10.1. The molecule has 1 aromatic heterocycles. The Hall–Kier alpha value is -0.940. The van der Waals surface area contributed by atoms with Crippen LogP contribution in [0, 0.1) is 5.92 Å². The van der Waals surface area contributed by atoms with Gasteiger partial charge >= 0.3 is 0 Å². The van der Waals surface area contributed by atoms with E-state index in [1.54, 1.807) is 0 Å². The molecule has 1 saturated carbocycles. The topological polar surface area (TPSA) is 68.2 Å². The minimum Gasteiger partial charge on any atom is -0.338 e. The highest BCUT2D eigenvalue weighted by Crippen LogP contribution is 2.28. The lowest BCUT2D eigenvalue weighted by Crippen LogP contribution is -2.30. The molecular weight excluding hydrogens is 240 g/mol. The maximum Gasteiger partial charge on any atom is 0.240 e. The van der Waals surface area contributed by atoms with Crippen LogP contribution in [0.4, 0.5) is 0 Å². The first-order valence-corrected chi connectivity index (χ1v) is 7.22. The van der Waals surface area contributed by atoms with Crippen LogP contribution in [0.15, 0.2) is 4.52 Å². The average molecular weight is 266 g/mol. The Morgan fingerprint density at radius 2 is 2.11 bits per heavy atom. The maximum atomic E-state index is 5.97. The van der Waals surface area contributed by atoms with Crippen LogP contribution in [0.5, 0.6) is 0 Å². The third kappa shape index (κ3) is 4.28. The van der Waals surface area contributed by atoms with E-state index in [9.17, 15) is 0 Å². The molecule has 0 atom stereocenters. The van der Waals surface area contributed by atoms with Crippen molar-refractivity contribution < 1.29 is 4.52 Å². The van der Waals surface area contributed by atoms with E-state index in [0.29, 0.717) is 17.8 Å². The summed E-state index contributed by atoms with van der Waals surface area (Å²) < 4.78 is 5.32. The smallest absolute Gasteiger partial charge is 0.240 e. The number of hydrogen-bond donors (Lipinski definition) is 1. The molecule has 2 rings (SSSR count). The van der Waals surface area contributed by atoms with Crippen LogP contribution in [0.1, 0.15) is 58.7 Å². The zero-order valence-electron chi connectivity index (χ0n) is 12.5. The van der Waals surface area contributed by atoms with E-state index in [0.717, 1.165) is 19.0 Å². The molecule has 1 aliphatic carbocycles. The fourth-order valence-corrected chi connectivity index (χ4v) is 2.01. The molecule has 0 amide bonds. The van der Waals surface area contributed by atoms with Crippen molar-refractivity contribution in [2.24, 2.45) is 11.7 Å². The second-order valence-corrected chi connectivity index (χ2v) is 6.62. The molecule has 108 valence electrons. The quantitative estimate of drug-likeness (QED) is 0.820. The number of nitrogens with zero attached hydrogens (tertiary/aromatic N) is 3. The van der Waals surface area contributed by atoms with Gasteiger partial charge in [0.05, 0.1) is 12.1 Å². The van der Waals surface area contributed by atoms with E-state index in [4.69, 9.17) is 10.3 Å². The van der Waals surface area contributed by atoms with Crippen LogP contribution >= 0.6 is 0 Å². The van der Waals surface area contributed by atoms with E-state index in [-0.39, 0.29) is 0 Å². The molecule has 0 aromatic carbocycles. The van der Waals surface area contributed by atoms with E-state index in [1.807, 2.05) is 13.8 Å². The minimum absolute atomic E-state index is 0.538. The Labute approximate surface area is 115 Å². The van der Waals surface area contributed by atoms with Crippen LogP contribution in [-0.2, 0) is 12.1 Å². The van der Waals surface area contributed by atoms with Crippen molar-refractivity contribution in [2.45, 2.75) is 65.1 Å². The van der Waals surface area contributed by atoms with Gasteiger partial charge in [-0.15, -0.1) is 0 Å². The van der Waals surface area contributed by atoms with Gasteiger partial charge in [0.1, 0.15) is 0 Å². The van der Waals surface area contributed by atoms with Crippen molar-refractivity contribution in [2.75, 3.05) is 6.54 Å². The molecule has 0 bridgehead atoms. The zero-order chi connectivity index (χ0) is 14.0. The highest BCUT2D eigenvalue weighted by Gasteiger charge is 2.30. The van der Waals surface area contributed by atoms with Crippen molar-refractivity contribution in [3.05, 3.63) is 11.7 Å². The molecule has 1 heterocycles. The largest absolute Gasteiger partial charge is 0.338 e. The van der Waals surface area contributed by atoms with Crippen LogP contribution in [0.3, 0.4) is 0 Å². The third-order valence-corrected chi connectivity index (χ3v) is 3.44. The molecule has 0 spiro atoms. The van der Waals surface area contributed by atoms with Crippen LogP contribution in [-0.4, -0.2) is 27.6 Å². The predicted molar refractivity (Wildman–Crippen MR) is 74.4 cm³/mol. The monoisotopic (exact) mass is 266 g/mol. The molecule has 1 aliphatic rings. The first-order valence-electron chi connectivity index (χ1n) is 7.22. The molecule has 2 N–H and O–H groups in total. The van der Waals surface area contributed by atoms with Crippen molar-refractivity contribution in [3.63, 3.8) is 0 Å². The summed E-state index contributed by atoms with van der Waals surface area (Å²) in [4.78, 5) is 6.87. The van der Waals surface area contributed by atoms with Gasteiger partial charge in [0.15, 0.2) is 5.82 Å². The van der Waals surface area contributed by atoms with Crippen molar-refractivity contribution in [3.8, 4) is 0 Å². The van der Waals surface area contributed by atoms with Crippen molar-refractivity contribution in [1.82, 2.24) is 15.0 Å². The molecule has 5 heteroatoms. The van der Waals surface area contributed by atoms with Gasteiger partial charge in [-0.3, -0.25) is 4.90 Å². The Morgan fingerprint density at radius 1 is 1.42 bits per heavy atom. The summed E-state index contributed by atoms with van der Waals surface area (Å²) in [6.07, 6.45) is 3.79. The molecular formula is C14H26N4O. The summed E-state index contributed by atoms with van der Waals surface area (Å²) in [5.41, 5.74) is 5.44. The molecule has 19 heavy (non-hydrogen) atoms. The van der Waals surface area contributed by atoms with Gasteiger partial charge in [-0.25, -0.2) is 0 Å². The predicted octanol–water partition coefficient (Wildman–Crippen LogP) is 2.27. The third-order valence-electron chi connectivity index (χ3n) is 3.44. The normalized spacial score (nSPS) is 16.6. The lowest BCUT2D eigenvalue weighted by atomic mass is 10.1. The van der Waals surface area contributed by atoms with Crippen LogP contribution in [0.25, 0.3) is 0 Å². The Morgan fingerprint density at radius 3 is 2.58 bits per heavy atom. The summed E-state index contributed by atoms with van der Waals surface area (Å²) in [6, 6.07) is 0.708. The molecule has 1 fully saturated rings. The highest BCUT2D eigenvalue weighted by atomic mass is 16.5. The number of rotatable bonds is 7. The second-order valence-electron chi connectivity index (χ2n) is 6.62. The summed E-state index contributed by atoms with van der Waals surface area (Å²) in [7, 11) is 0. The van der Waals surface area contributed by atoms with E-state index in [1.165, 1.54) is 19.3 Å². The van der Waals surface area contributed by atoms with Gasteiger partial charge in [-0.05, 0) is 45.6 Å². The van der Waals surface area contributed by atoms with Crippen molar-refractivity contribution in [1.29, 1.82) is 0 Å². The standard InChI is InChI=1S/C14H26N4O/c1-10(2)7-8-18(11-5-6-11)9-12-16-13(17-19-12)14(3,4)15/h10-11H,5-9,15H2,1-4H3. The molecule has 0 saturated heterocycles. The van der Waals surface area contributed by atoms with Crippen LogP contribution in [0.2, 0.25) is 0 Å². The summed E-state index contributed by atoms with van der Waals surface area (Å²) in [5.74, 6) is 1.99. The first-order chi connectivity index (χ1) is 8.86. The second kappa shape index (κ2) is 5.59. The number of nitrogens with two attached hydrogens (primary N) is 1. The highest BCUT2D eigenvalue weighted by molar-refractivity contribution is 4.99. The SMILES string of the molecule is CC(C)CCN(Cc1nc(C(C)(C)N)no1)C1CC1. The Bertz CT molecular complexity index is 404. The van der Waals surface area contributed by atoms with Crippen molar-refractivity contribution >= 4 is 0 Å². The van der Waals surface area contributed by atoms with Gasteiger partial charge in [0.25, 0.3) is 0 Å². The lowest BCUT2D eigenvalue weighted by molar-refractivity contribution is 0.206. The zero-order valence-corrected chi connectivity index (χ0v) is 12.5. The summed E-state index contributed by atoms with van der Waals surface area (Å²) in [5, 5.41) is 3.98. The number of aromatic nitrogens is 2. The van der Waals surface area contributed by atoms with E-state index >= 15 is 0 Å². The molecule has 0 aliphatic heterocycles. The molecule has 1 aromatic rings. The molecule has 0 unspecified atom stereocenters. The van der Waals surface area contributed by atoms with E-state index in [2.05, 4.69) is 28.9 Å². The molecule has 0 radical (unpaired) electrons. The van der Waals surface area contributed by atoms with Crippen LogP contribution < -0.4 is 5.73 Å². The number of hydrogen-bond acceptors (Lipinski definition) is 5. The first kappa shape index (κ1) is 14.5. The Balaban J connectivity index is 1.95. The summed E-state index contributed by atoms with van der Waals surface area (Å²) >= 11 is 0. The van der Waals surface area contributed by atoms with Gasteiger partial charge in [-0.1, -0.05) is 19.0 Å². The fraction of sp³-hybridized carbons (Fsp3) is 0.857. The molecule has 5 nitrogen and oxygen atoms in total. The Kier molecular flexibility index (Phi) is 4.26. The fourth-order valence-electron chi connectivity index (χ4n) is 2.01.